The molecule has 0 spiro atoms. The number of hydrogen-bond acceptors (Lipinski definition) is 8. The van der Waals surface area contributed by atoms with Gasteiger partial charge in [-0.25, -0.2) is 0 Å². The van der Waals surface area contributed by atoms with E-state index in [1.807, 2.05) is 0 Å². The summed E-state index contributed by atoms with van der Waals surface area (Å²) in [5.41, 5.74) is 0. The molecule has 0 bridgehead atoms. The van der Waals surface area contributed by atoms with E-state index in [2.05, 4.69) is 19.2 Å². The molecule has 368 valence electrons. The number of unbranched alkanes of at least 4 members (excludes halogenated alkanes) is 33. The highest BCUT2D eigenvalue weighted by Gasteiger charge is 2.42. The third-order valence-corrected chi connectivity index (χ3v) is 13.4. The zero-order chi connectivity index (χ0) is 45.3. The molecule has 1 rings (SSSR count). The standard InChI is InChI=1S/C53H103NO8/c1-3-5-7-9-11-13-15-17-18-19-20-21-22-23-24-25-26-27-29-31-33-35-37-43-49(57)54-45(40-38-39-42-47-51(59)53(61)52(60)48(44-55)62-47)50(58)46(56)41-36-34-32-30-28-16-14-12-10-8-6-4-2/h38,40,45-48,50-53,55-56,58-61H,3-37,39,41-44H2,1-2H3,(H,54,57)/b40-38-/t45?,46?,47-,48?,50?,51?,52+,53?/m1/s1. The monoisotopic (exact) mass is 882 g/mol. The molecule has 7 N–H and O–H groups in total. The second-order valence-corrected chi connectivity index (χ2v) is 19.2. The second-order valence-electron chi connectivity index (χ2n) is 19.2. The molecule has 6 unspecified atom stereocenters. The van der Waals surface area contributed by atoms with Gasteiger partial charge in [-0.15, -0.1) is 0 Å². The number of hydrogen-bond donors (Lipinski definition) is 7. The topological polar surface area (TPSA) is 160 Å². The van der Waals surface area contributed by atoms with E-state index in [1.165, 1.54) is 186 Å². The molecule has 1 heterocycles. The van der Waals surface area contributed by atoms with Gasteiger partial charge in [-0.2, -0.15) is 0 Å². The van der Waals surface area contributed by atoms with Crippen LogP contribution >= 0.6 is 0 Å². The summed E-state index contributed by atoms with van der Waals surface area (Å²) in [4.78, 5) is 13.1. The van der Waals surface area contributed by atoms with Gasteiger partial charge in [0.05, 0.1) is 24.9 Å². The van der Waals surface area contributed by atoms with E-state index in [-0.39, 0.29) is 5.91 Å². The lowest BCUT2D eigenvalue weighted by atomic mass is 9.92. The van der Waals surface area contributed by atoms with Crippen LogP contribution in [0.3, 0.4) is 0 Å². The largest absolute Gasteiger partial charge is 0.394 e. The number of aliphatic hydroxyl groups excluding tert-OH is 6. The average Bonchev–Trinajstić information content (AvgIpc) is 3.27. The Morgan fingerprint density at radius 2 is 0.871 bits per heavy atom. The van der Waals surface area contributed by atoms with E-state index in [4.69, 9.17) is 4.74 Å². The van der Waals surface area contributed by atoms with Crippen molar-refractivity contribution >= 4 is 5.91 Å². The first kappa shape index (κ1) is 58.9. The molecule has 1 aliphatic heterocycles. The van der Waals surface area contributed by atoms with Gasteiger partial charge in [0.25, 0.3) is 0 Å². The number of rotatable bonds is 45. The highest BCUT2D eigenvalue weighted by Crippen LogP contribution is 2.25. The Morgan fingerprint density at radius 3 is 1.26 bits per heavy atom. The average molecular weight is 882 g/mol. The maximum atomic E-state index is 13.1. The molecule has 62 heavy (non-hydrogen) atoms. The van der Waals surface area contributed by atoms with Gasteiger partial charge in [-0.05, 0) is 25.7 Å². The van der Waals surface area contributed by atoms with Gasteiger partial charge in [0.2, 0.25) is 5.91 Å². The van der Waals surface area contributed by atoms with Crippen LogP contribution < -0.4 is 5.32 Å². The minimum absolute atomic E-state index is 0.145. The Balaban J connectivity index is 2.30. The summed E-state index contributed by atoms with van der Waals surface area (Å²) in [6.07, 6.45) is 42.2. The molecule has 1 saturated heterocycles. The van der Waals surface area contributed by atoms with Crippen LogP contribution in [0.25, 0.3) is 0 Å². The third-order valence-electron chi connectivity index (χ3n) is 13.4. The summed E-state index contributed by atoms with van der Waals surface area (Å²) in [5, 5.41) is 65.3. The van der Waals surface area contributed by atoms with Crippen LogP contribution in [0.1, 0.15) is 264 Å². The molecule has 0 aliphatic carbocycles. The van der Waals surface area contributed by atoms with Crippen molar-refractivity contribution in [3.05, 3.63) is 12.2 Å². The van der Waals surface area contributed by atoms with E-state index in [0.29, 0.717) is 25.7 Å². The molecule has 0 aromatic rings. The first-order valence-corrected chi connectivity index (χ1v) is 26.9. The Hall–Kier alpha value is -1.07. The van der Waals surface area contributed by atoms with E-state index < -0.39 is 55.4 Å². The number of amides is 1. The zero-order valence-corrected chi connectivity index (χ0v) is 40.6. The maximum absolute atomic E-state index is 13.1. The zero-order valence-electron chi connectivity index (χ0n) is 40.6. The van der Waals surface area contributed by atoms with Crippen LogP contribution in [0, 0.1) is 0 Å². The van der Waals surface area contributed by atoms with E-state index in [1.54, 1.807) is 12.2 Å². The van der Waals surface area contributed by atoms with E-state index in [9.17, 15) is 35.4 Å². The summed E-state index contributed by atoms with van der Waals surface area (Å²) >= 11 is 0. The number of nitrogens with one attached hydrogen (secondary N) is 1. The van der Waals surface area contributed by atoms with Gasteiger partial charge < -0.3 is 40.7 Å². The van der Waals surface area contributed by atoms with E-state index in [0.717, 1.165) is 38.5 Å². The number of allylic oxidation sites excluding steroid dienone is 1. The molecule has 0 saturated carbocycles. The number of aliphatic hydroxyl groups is 6. The number of carbonyl (C=O) groups is 1. The first-order chi connectivity index (χ1) is 30.3. The fourth-order valence-corrected chi connectivity index (χ4v) is 9.10. The Morgan fingerprint density at radius 1 is 0.516 bits per heavy atom. The van der Waals surface area contributed by atoms with Crippen molar-refractivity contribution < 1.29 is 40.2 Å². The summed E-state index contributed by atoms with van der Waals surface area (Å²) in [6.45, 7) is 4.06. The van der Waals surface area contributed by atoms with Crippen LogP contribution in [0.15, 0.2) is 12.2 Å². The van der Waals surface area contributed by atoms with Gasteiger partial charge in [-0.3, -0.25) is 4.79 Å². The predicted octanol–water partition coefficient (Wildman–Crippen LogP) is 11.8. The number of carbonyl (C=O) groups excluding carboxylic acids is 1. The quantitative estimate of drug-likeness (QED) is 0.0235. The van der Waals surface area contributed by atoms with Crippen molar-refractivity contribution in [2.45, 2.75) is 313 Å². The van der Waals surface area contributed by atoms with Gasteiger partial charge in [-0.1, -0.05) is 244 Å². The molecule has 8 atom stereocenters. The minimum Gasteiger partial charge on any atom is -0.394 e. The molecule has 0 aromatic heterocycles. The second kappa shape index (κ2) is 42.6. The Bertz CT molecular complexity index is 997. The lowest BCUT2D eigenvalue weighted by Gasteiger charge is -2.40. The molecule has 9 nitrogen and oxygen atoms in total. The summed E-state index contributed by atoms with van der Waals surface area (Å²) in [7, 11) is 0. The number of ether oxygens (including phenoxy) is 1. The summed E-state index contributed by atoms with van der Waals surface area (Å²) in [5.74, 6) is -0.145. The Kier molecular flexibility index (Phi) is 40.5. The van der Waals surface area contributed by atoms with Gasteiger partial charge in [0, 0.05) is 6.42 Å². The first-order valence-electron chi connectivity index (χ1n) is 26.9. The highest BCUT2D eigenvalue weighted by atomic mass is 16.5. The van der Waals surface area contributed by atoms with Crippen molar-refractivity contribution in [3.8, 4) is 0 Å². The van der Waals surface area contributed by atoms with Gasteiger partial charge >= 0.3 is 0 Å². The predicted molar refractivity (Wildman–Crippen MR) is 258 cm³/mol. The third kappa shape index (κ3) is 31.7. The summed E-state index contributed by atoms with van der Waals surface area (Å²) in [6, 6.07) is -0.769. The maximum Gasteiger partial charge on any atom is 0.220 e. The molecule has 0 radical (unpaired) electrons. The molecule has 1 aliphatic rings. The fourth-order valence-electron chi connectivity index (χ4n) is 9.10. The molecule has 9 heteroatoms. The molecule has 1 amide bonds. The molecular formula is C53H103NO8. The highest BCUT2D eigenvalue weighted by molar-refractivity contribution is 5.76. The van der Waals surface area contributed by atoms with Crippen molar-refractivity contribution in [3.63, 3.8) is 0 Å². The van der Waals surface area contributed by atoms with Crippen molar-refractivity contribution in [2.24, 2.45) is 0 Å². The molecule has 0 aromatic carbocycles. The van der Waals surface area contributed by atoms with Crippen molar-refractivity contribution in [1.29, 1.82) is 0 Å². The SMILES string of the molecule is CCCCCCCCCCCCCCCCCCCCCCCCCC(=O)NC(/C=C\CC[C@H]1OC(CO)[C@H](O)C(O)C1O)C(O)C(O)CCCCCCCCCCCCCC. The molecule has 1 fully saturated rings. The molecular weight excluding hydrogens is 779 g/mol. The van der Waals surface area contributed by atoms with Crippen molar-refractivity contribution in [1.82, 2.24) is 5.32 Å². The summed E-state index contributed by atoms with van der Waals surface area (Å²) < 4.78 is 5.63. The lowest BCUT2D eigenvalue weighted by molar-refractivity contribution is -0.230. The Labute approximate surface area is 382 Å². The van der Waals surface area contributed by atoms with E-state index >= 15 is 0 Å². The van der Waals surface area contributed by atoms with Crippen LogP contribution in [-0.2, 0) is 9.53 Å². The fraction of sp³-hybridized carbons (Fsp3) is 0.943. The van der Waals surface area contributed by atoms with Crippen LogP contribution in [0.2, 0.25) is 0 Å². The smallest absolute Gasteiger partial charge is 0.220 e. The normalized spacial score (nSPS) is 20.8. The van der Waals surface area contributed by atoms with Gasteiger partial charge in [0.15, 0.2) is 0 Å². The minimum atomic E-state index is -1.42. The van der Waals surface area contributed by atoms with Crippen molar-refractivity contribution in [2.75, 3.05) is 6.61 Å². The van der Waals surface area contributed by atoms with Crippen LogP contribution in [0.5, 0.6) is 0 Å². The lowest BCUT2D eigenvalue weighted by Crippen LogP contribution is -2.58. The van der Waals surface area contributed by atoms with Crippen LogP contribution in [0.4, 0.5) is 0 Å². The van der Waals surface area contributed by atoms with Crippen LogP contribution in [-0.4, -0.2) is 91.9 Å². The van der Waals surface area contributed by atoms with Gasteiger partial charge in [0.1, 0.15) is 30.5 Å².